The Morgan fingerprint density at radius 1 is 1.03 bits per heavy atom. The third kappa shape index (κ3) is 3.58. The third-order valence-corrected chi connectivity index (χ3v) is 7.68. The van der Waals surface area contributed by atoms with Crippen LogP contribution in [0.15, 0.2) is 74.8 Å². The number of hydrogen-bond acceptors (Lipinski definition) is 5. The Morgan fingerprint density at radius 3 is 2.68 bits per heavy atom. The Hall–Kier alpha value is -3.23. The average Bonchev–Trinajstić information content (AvgIpc) is 3.17. The summed E-state index contributed by atoms with van der Waals surface area (Å²) >= 11 is 0. The SMILES string of the molecule is O=C(c1ccc2ccccc2c1)C1CCCN(S(=O)(=O)c2ccc3oc(=O)[nH]c3c2)C1. The number of aromatic nitrogens is 1. The van der Waals surface area contributed by atoms with E-state index in [1.807, 2.05) is 36.4 Å². The molecule has 1 unspecified atom stereocenters. The van der Waals surface area contributed by atoms with Crippen molar-refractivity contribution >= 4 is 37.7 Å². The summed E-state index contributed by atoms with van der Waals surface area (Å²) in [7, 11) is -3.81. The molecule has 1 fully saturated rings. The fourth-order valence-corrected chi connectivity index (χ4v) is 5.74. The molecular weight excluding hydrogens is 416 g/mol. The van der Waals surface area contributed by atoms with Gasteiger partial charge in [0, 0.05) is 24.6 Å². The molecule has 1 aromatic heterocycles. The molecule has 8 heteroatoms. The summed E-state index contributed by atoms with van der Waals surface area (Å²) in [5, 5.41) is 2.04. The molecule has 3 aromatic carbocycles. The van der Waals surface area contributed by atoms with Gasteiger partial charge in [0.25, 0.3) is 0 Å². The van der Waals surface area contributed by atoms with Crippen LogP contribution in [0, 0.1) is 5.92 Å². The normalized spacial score (nSPS) is 17.9. The van der Waals surface area contributed by atoms with Gasteiger partial charge in [0.05, 0.1) is 10.4 Å². The maximum atomic E-state index is 13.2. The number of carbonyl (C=O) groups is 1. The number of Topliss-reactive ketones (excluding diaryl/α,β-unsaturated/α-hetero) is 1. The van der Waals surface area contributed by atoms with Crippen molar-refractivity contribution in [3.05, 3.63) is 76.8 Å². The van der Waals surface area contributed by atoms with Gasteiger partial charge in [-0.25, -0.2) is 13.2 Å². The second kappa shape index (κ2) is 7.47. The lowest BCUT2D eigenvalue weighted by Crippen LogP contribution is -2.42. The summed E-state index contributed by atoms with van der Waals surface area (Å²) in [5.74, 6) is -1.08. The molecule has 5 rings (SSSR count). The Bertz CT molecular complexity index is 1470. The monoisotopic (exact) mass is 436 g/mol. The average molecular weight is 436 g/mol. The van der Waals surface area contributed by atoms with Crippen LogP contribution in [0.2, 0.25) is 0 Å². The lowest BCUT2D eigenvalue weighted by molar-refractivity contribution is 0.0872. The lowest BCUT2D eigenvalue weighted by atomic mass is 9.90. The van der Waals surface area contributed by atoms with E-state index in [0.29, 0.717) is 36.0 Å². The standard InChI is InChI=1S/C23H20N2O5S/c26-22(17-8-7-15-4-1-2-5-16(15)12-17)18-6-3-11-25(14-18)31(28,29)19-9-10-21-20(13-19)24-23(27)30-21/h1-2,4-5,7-10,12-13,18H,3,6,11,14H2,(H,24,27). The van der Waals surface area contributed by atoms with Crippen molar-refractivity contribution in [1.82, 2.24) is 9.29 Å². The smallest absolute Gasteiger partial charge is 0.408 e. The first-order valence-corrected chi connectivity index (χ1v) is 11.5. The number of hydrogen-bond donors (Lipinski definition) is 1. The molecule has 0 radical (unpaired) electrons. The van der Waals surface area contributed by atoms with Gasteiger partial charge in [0.2, 0.25) is 10.0 Å². The highest BCUT2D eigenvalue weighted by atomic mass is 32.2. The maximum Gasteiger partial charge on any atom is 0.417 e. The van der Waals surface area contributed by atoms with Gasteiger partial charge in [0.15, 0.2) is 11.4 Å². The molecule has 0 aliphatic carbocycles. The number of carbonyl (C=O) groups excluding carboxylic acids is 1. The van der Waals surface area contributed by atoms with Gasteiger partial charge in [-0.15, -0.1) is 0 Å². The summed E-state index contributed by atoms with van der Waals surface area (Å²) in [6.45, 7) is 0.484. The Morgan fingerprint density at radius 2 is 1.84 bits per heavy atom. The molecule has 0 spiro atoms. The molecule has 4 aromatic rings. The van der Waals surface area contributed by atoms with Crippen LogP contribution in [0.1, 0.15) is 23.2 Å². The van der Waals surface area contributed by atoms with Crippen molar-refractivity contribution < 1.29 is 17.6 Å². The maximum absolute atomic E-state index is 13.2. The highest BCUT2D eigenvalue weighted by Gasteiger charge is 2.34. The Balaban J connectivity index is 1.41. The van der Waals surface area contributed by atoms with Crippen LogP contribution in [0.25, 0.3) is 21.9 Å². The van der Waals surface area contributed by atoms with Crippen LogP contribution >= 0.6 is 0 Å². The molecule has 1 saturated heterocycles. The third-order valence-electron chi connectivity index (χ3n) is 5.82. The quantitative estimate of drug-likeness (QED) is 0.493. The van der Waals surface area contributed by atoms with Crippen molar-refractivity contribution in [2.24, 2.45) is 5.92 Å². The van der Waals surface area contributed by atoms with E-state index in [2.05, 4.69) is 4.98 Å². The fraction of sp³-hybridized carbons (Fsp3) is 0.217. The minimum Gasteiger partial charge on any atom is -0.408 e. The number of rotatable bonds is 4. The van der Waals surface area contributed by atoms with Crippen LogP contribution in [0.4, 0.5) is 0 Å². The number of benzene rings is 3. The first kappa shape index (κ1) is 19.7. The predicted octanol–water partition coefficient (Wildman–Crippen LogP) is 3.56. The van der Waals surface area contributed by atoms with Crippen molar-refractivity contribution in [3.63, 3.8) is 0 Å². The summed E-state index contributed by atoms with van der Waals surface area (Å²) in [5.41, 5.74) is 1.22. The lowest BCUT2D eigenvalue weighted by Gasteiger charge is -2.31. The minimum atomic E-state index is -3.81. The van der Waals surface area contributed by atoms with E-state index in [-0.39, 0.29) is 17.2 Å². The molecular formula is C23H20N2O5S. The van der Waals surface area contributed by atoms with Crippen LogP contribution in [0.5, 0.6) is 0 Å². The van der Waals surface area contributed by atoms with E-state index in [1.165, 1.54) is 22.5 Å². The van der Waals surface area contributed by atoms with Gasteiger partial charge in [-0.05, 0) is 47.9 Å². The highest BCUT2D eigenvalue weighted by molar-refractivity contribution is 7.89. The topological polar surface area (TPSA) is 100 Å². The van der Waals surface area contributed by atoms with Crippen LogP contribution in [-0.2, 0) is 10.0 Å². The van der Waals surface area contributed by atoms with Crippen LogP contribution in [0.3, 0.4) is 0 Å². The molecule has 7 nitrogen and oxygen atoms in total. The number of piperidine rings is 1. The number of ketones is 1. The Labute approximate surface area is 178 Å². The van der Waals surface area contributed by atoms with Gasteiger partial charge >= 0.3 is 5.76 Å². The number of H-pyrrole nitrogens is 1. The summed E-state index contributed by atoms with van der Waals surface area (Å²) < 4.78 is 32.7. The molecule has 1 N–H and O–H groups in total. The molecule has 0 saturated carbocycles. The Kier molecular flexibility index (Phi) is 4.75. The van der Waals surface area contributed by atoms with Gasteiger partial charge in [-0.3, -0.25) is 9.78 Å². The largest absolute Gasteiger partial charge is 0.417 e. The van der Waals surface area contributed by atoms with Gasteiger partial charge < -0.3 is 4.42 Å². The zero-order chi connectivity index (χ0) is 21.6. The first-order chi connectivity index (χ1) is 14.9. The summed E-state index contributed by atoms with van der Waals surface area (Å²) in [4.78, 5) is 27.1. The molecule has 31 heavy (non-hydrogen) atoms. The van der Waals surface area contributed by atoms with E-state index < -0.39 is 21.7 Å². The molecule has 1 aliphatic rings. The predicted molar refractivity (Wildman–Crippen MR) is 117 cm³/mol. The number of oxazole rings is 1. The molecule has 1 atom stereocenters. The minimum absolute atomic E-state index is 0.0414. The second-order valence-corrected chi connectivity index (χ2v) is 9.74. The first-order valence-electron chi connectivity index (χ1n) is 10.1. The van der Waals surface area contributed by atoms with E-state index in [9.17, 15) is 18.0 Å². The number of aromatic amines is 1. The van der Waals surface area contributed by atoms with E-state index in [4.69, 9.17) is 4.42 Å². The number of nitrogens with one attached hydrogen (secondary N) is 1. The molecule has 0 amide bonds. The summed E-state index contributed by atoms with van der Waals surface area (Å²) in [6, 6.07) is 17.7. The van der Waals surface area contributed by atoms with Crippen molar-refractivity contribution in [2.75, 3.05) is 13.1 Å². The number of sulfonamides is 1. The zero-order valence-electron chi connectivity index (χ0n) is 16.6. The van der Waals surface area contributed by atoms with E-state index in [1.54, 1.807) is 6.07 Å². The van der Waals surface area contributed by atoms with Crippen molar-refractivity contribution in [1.29, 1.82) is 0 Å². The van der Waals surface area contributed by atoms with Crippen molar-refractivity contribution in [2.45, 2.75) is 17.7 Å². The zero-order valence-corrected chi connectivity index (χ0v) is 17.4. The molecule has 1 aliphatic heterocycles. The van der Waals surface area contributed by atoms with Gasteiger partial charge in [0.1, 0.15) is 0 Å². The van der Waals surface area contributed by atoms with Crippen LogP contribution in [-0.4, -0.2) is 36.6 Å². The fourth-order valence-electron chi connectivity index (χ4n) is 4.19. The number of fused-ring (bicyclic) bond motifs is 2. The second-order valence-electron chi connectivity index (χ2n) is 7.80. The van der Waals surface area contributed by atoms with Gasteiger partial charge in [-0.1, -0.05) is 36.4 Å². The van der Waals surface area contributed by atoms with Crippen LogP contribution < -0.4 is 5.76 Å². The molecule has 158 valence electrons. The van der Waals surface area contributed by atoms with Gasteiger partial charge in [-0.2, -0.15) is 4.31 Å². The van der Waals surface area contributed by atoms with Crippen molar-refractivity contribution in [3.8, 4) is 0 Å². The number of nitrogens with zero attached hydrogens (tertiary/aromatic N) is 1. The van der Waals surface area contributed by atoms with E-state index in [0.717, 1.165) is 10.8 Å². The highest BCUT2D eigenvalue weighted by Crippen LogP contribution is 2.28. The van der Waals surface area contributed by atoms with E-state index >= 15 is 0 Å². The molecule has 0 bridgehead atoms. The summed E-state index contributed by atoms with van der Waals surface area (Å²) in [6.07, 6.45) is 1.25. The molecule has 2 heterocycles.